The van der Waals surface area contributed by atoms with Gasteiger partial charge in [-0.3, -0.25) is 28.9 Å². The van der Waals surface area contributed by atoms with Gasteiger partial charge in [-0.15, -0.1) is 0 Å². The van der Waals surface area contributed by atoms with Crippen LogP contribution in [0.5, 0.6) is 0 Å². The number of pyridine rings is 1. The maximum Gasteiger partial charge on any atom is 0.241 e. The Hall–Kier alpha value is -3.88. The third-order valence-corrected chi connectivity index (χ3v) is 6.22. The number of carbonyl (C=O) groups excluding carboxylic acids is 3. The van der Waals surface area contributed by atoms with Crippen LogP contribution in [-0.4, -0.2) is 55.9 Å². The standard InChI is InChI=1S/C25H26FN5O3/c1-29(10-8-19-15-28-30(2)16-19)22(32)12-25(20-6-3-7-21(26)11-20)13-23(33)31(24(25)34)17-18-5-4-9-27-14-18/h3-7,9,11,14-16H,8,10,12-13,17H2,1-2H3/t25-/m1/s1. The fourth-order valence-corrected chi connectivity index (χ4v) is 4.30. The zero-order valence-corrected chi connectivity index (χ0v) is 19.1. The number of halogens is 1. The molecule has 176 valence electrons. The maximum atomic E-state index is 14.1. The number of rotatable bonds is 8. The highest BCUT2D eigenvalue weighted by atomic mass is 19.1. The lowest BCUT2D eigenvalue weighted by atomic mass is 9.75. The summed E-state index contributed by atoms with van der Waals surface area (Å²) in [5.41, 5.74) is 0.547. The lowest BCUT2D eigenvalue weighted by Gasteiger charge is -2.29. The van der Waals surface area contributed by atoms with Gasteiger partial charge in [0.15, 0.2) is 0 Å². The van der Waals surface area contributed by atoms with Gasteiger partial charge in [-0.25, -0.2) is 4.39 Å². The Morgan fingerprint density at radius 3 is 2.68 bits per heavy atom. The first-order chi connectivity index (χ1) is 16.3. The van der Waals surface area contributed by atoms with Crippen LogP contribution in [0.4, 0.5) is 4.39 Å². The number of hydrogen-bond donors (Lipinski definition) is 0. The minimum Gasteiger partial charge on any atom is -0.345 e. The number of hydrogen-bond acceptors (Lipinski definition) is 5. The van der Waals surface area contributed by atoms with E-state index in [0.29, 0.717) is 24.1 Å². The average Bonchev–Trinajstić information content (AvgIpc) is 3.34. The van der Waals surface area contributed by atoms with Gasteiger partial charge in [0.05, 0.1) is 18.2 Å². The fraction of sp³-hybridized carbons (Fsp3) is 0.320. The van der Waals surface area contributed by atoms with E-state index >= 15 is 0 Å². The van der Waals surface area contributed by atoms with Crippen LogP contribution in [0.2, 0.25) is 0 Å². The van der Waals surface area contributed by atoms with E-state index in [1.54, 1.807) is 48.5 Å². The van der Waals surface area contributed by atoms with Gasteiger partial charge in [0, 0.05) is 52.1 Å². The van der Waals surface area contributed by atoms with Gasteiger partial charge < -0.3 is 4.90 Å². The van der Waals surface area contributed by atoms with Crippen LogP contribution in [0, 0.1) is 5.82 Å². The van der Waals surface area contributed by atoms with E-state index in [-0.39, 0.29) is 25.3 Å². The molecular formula is C25H26FN5O3. The van der Waals surface area contributed by atoms with Gasteiger partial charge >= 0.3 is 0 Å². The van der Waals surface area contributed by atoms with Gasteiger partial charge in [0.25, 0.3) is 0 Å². The molecule has 3 heterocycles. The molecule has 34 heavy (non-hydrogen) atoms. The zero-order chi connectivity index (χ0) is 24.3. The second-order valence-electron chi connectivity index (χ2n) is 8.68. The normalized spacial score (nSPS) is 17.9. The number of nitrogens with zero attached hydrogens (tertiary/aromatic N) is 5. The second kappa shape index (κ2) is 9.54. The van der Waals surface area contributed by atoms with Crippen molar-refractivity contribution >= 4 is 17.7 Å². The number of likely N-dealkylation sites (N-methyl/N-ethyl adjacent to an activating group) is 1. The lowest BCUT2D eigenvalue weighted by molar-refractivity contribution is -0.143. The average molecular weight is 464 g/mol. The monoisotopic (exact) mass is 463 g/mol. The van der Waals surface area contributed by atoms with Gasteiger partial charge in [-0.1, -0.05) is 18.2 Å². The molecule has 1 atom stereocenters. The molecule has 4 rings (SSSR count). The Balaban J connectivity index is 1.58. The topological polar surface area (TPSA) is 88.4 Å². The van der Waals surface area contributed by atoms with Crippen LogP contribution in [0.3, 0.4) is 0 Å². The minimum atomic E-state index is -1.46. The number of benzene rings is 1. The molecule has 0 unspecified atom stereocenters. The summed E-state index contributed by atoms with van der Waals surface area (Å²) in [4.78, 5) is 46.6. The molecule has 1 saturated heterocycles. The summed E-state index contributed by atoms with van der Waals surface area (Å²) in [7, 11) is 3.48. The number of amides is 3. The van der Waals surface area contributed by atoms with Crippen LogP contribution in [-0.2, 0) is 39.8 Å². The van der Waals surface area contributed by atoms with E-state index in [4.69, 9.17) is 0 Å². The fourth-order valence-electron chi connectivity index (χ4n) is 4.30. The third-order valence-electron chi connectivity index (χ3n) is 6.22. The van der Waals surface area contributed by atoms with Crippen LogP contribution >= 0.6 is 0 Å². The molecule has 0 N–H and O–H groups in total. The van der Waals surface area contributed by atoms with E-state index in [1.807, 2.05) is 13.2 Å². The van der Waals surface area contributed by atoms with Crippen molar-refractivity contribution in [3.63, 3.8) is 0 Å². The van der Waals surface area contributed by atoms with Crippen molar-refractivity contribution in [1.29, 1.82) is 0 Å². The van der Waals surface area contributed by atoms with Crippen molar-refractivity contribution in [3.05, 3.63) is 83.7 Å². The van der Waals surface area contributed by atoms with E-state index < -0.39 is 23.0 Å². The van der Waals surface area contributed by atoms with Crippen molar-refractivity contribution in [2.75, 3.05) is 13.6 Å². The highest BCUT2D eigenvalue weighted by Crippen LogP contribution is 2.41. The predicted octanol–water partition coefficient (Wildman–Crippen LogP) is 2.24. The van der Waals surface area contributed by atoms with Crippen molar-refractivity contribution in [2.45, 2.75) is 31.2 Å². The van der Waals surface area contributed by atoms with E-state index in [1.165, 1.54) is 23.1 Å². The quantitative estimate of drug-likeness (QED) is 0.478. The number of carbonyl (C=O) groups is 3. The molecule has 3 aromatic rings. The van der Waals surface area contributed by atoms with Crippen molar-refractivity contribution in [1.82, 2.24) is 24.6 Å². The summed E-state index contributed by atoms with van der Waals surface area (Å²) in [6.45, 7) is 0.471. The molecule has 1 aliphatic rings. The Morgan fingerprint density at radius 2 is 2.00 bits per heavy atom. The minimum absolute atomic E-state index is 0.0492. The number of aromatic nitrogens is 3. The summed E-state index contributed by atoms with van der Waals surface area (Å²) in [5.74, 6) is -1.72. The molecule has 8 nitrogen and oxygen atoms in total. The Bertz CT molecular complexity index is 1210. The molecule has 1 aliphatic heterocycles. The molecule has 1 fully saturated rings. The molecule has 0 spiro atoms. The van der Waals surface area contributed by atoms with E-state index in [9.17, 15) is 18.8 Å². The zero-order valence-electron chi connectivity index (χ0n) is 19.1. The van der Waals surface area contributed by atoms with Crippen molar-refractivity contribution < 1.29 is 18.8 Å². The van der Waals surface area contributed by atoms with E-state index in [2.05, 4.69) is 10.1 Å². The number of likely N-dealkylation sites (tertiary alicyclic amines) is 1. The van der Waals surface area contributed by atoms with Gasteiger partial charge in [0.2, 0.25) is 17.7 Å². The summed E-state index contributed by atoms with van der Waals surface area (Å²) in [6, 6.07) is 9.10. The number of aryl methyl sites for hydroxylation is 1. The van der Waals surface area contributed by atoms with Crippen LogP contribution in [0.1, 0.15) is 29.5 Å². The molecular weight excluding hydrogens is 437 g/mol. The largest absolute Gasteiger partial charge is 0.345 e. The van der Waals surface area contributed by atoms with Crippen LogP contribution in [0.15, 0.2) is 61.2 Å². The van der Waals surface area contributed by atoms with Gasteiger partial charge in [-0.2, -0.15) is 5.10 Å². The highest BCUT2D eigenvalue weighted by molar-refractivity contribution is 6.10. The Labute approximate surface area is 197 Å². The maximum absolute atomic E-state index is 14.1. The summed E-state index contributed by atoms with van der Waals surface area (Å²) >= 11 is 0. The molecule has 3 amide bonds. The van der Waals surface area contributed by atoms with Crippen molar-refractivity contribution in [3.8, 4) is 0 Å². The van der Waals surface area contributed by atoms with E-state index in [0.717, 1.165) is 10.5 Å². The molecule has 1 aromatic carbocycles. The van der Waals surface area contributed by atoms with Gasteiger partial charge in [0.1, 0.15) is 5.82 Å². The first-order valence-corrected chi connectivity index (χ1v) is 11.0. The molecule has 0 bridgehead atoms. The smallest absolute Gasteiger partial charge is 0.241 e. The predicted molar refractivity (Wildman–Crippen MR) is 122 cm³/mol. The summed E-state index contributed by atoms with van der Waals surface area (Å²) in [6.07, 6.45) is 6.98. The first kappa shape index (κ1) is 23.3. The SMILES string of the molecule is CN(CCc1cnn(C)c1)C(=O)C[C@]1(c2cccc(F)c2)CC(=O)N(Cc2cccnc2)C1=O. The van der Waals surface area contributed by atoms with Crippen molar-refractivity contribution in [2.24, 2.45) is 7.05 Å². The second-order valence-corrected chi connectivity index (χ2v) is 8.68. The number of imide groups is 1. The Kier molecular flexibility index (Phi) is 6.54. The molecule has 0 radical (unpaired) electrons. The highest BCUT2D eigenvalue weighted by Gasteiger charge is 2.54. The summed E-state index contributed by atoms with van der Waals surface area (Å²) in [5, 5.41) is 4.13. The molecule has 9 heteroatoms. The lowest BCUT2D eigenvalue weighted by Crippen LogP contribution is -2.43. The van der Waals surface area contributed by atoms with Crippen LogP contribution in [0.25, 0.3) is 0 Å². The van der Waals surface area contributed by atoms with Gasteiger partial charge in [-0.05, 0) is 41.3 Å². The third kappa shape index (κ3) is 4.73. The Morgan fingerprint density at radius 1 is 1.18 bits per heavy atom. The molecule has 0 saturated carbocycles. The summed E-state index contributed by atoms with van der Waals surface area (Å²) < 4.78 is 15.8. The first-order valence-electron chi connectivity index (χ1n) is 11.0. The van der Waals surface area contributed by atoms with Crippen LogP contribution < -0.4 is 0 Å². The molecule has 0 aliphatic carbocycles. The molecule has 2 aromatic heterocycles.